The SMILES string of the molecule is COc1ccc(OCCNC(=O)Nc2ccc(N3CCCCC3)cc2)cc1. The highest BCUT2D eigenvalue weighted by atomic mass is 16.5. The van der Waals surface area contributed by atoms with Crippen molar-refractivity contribution in [2.75, 3.05) is 43.6 Å². The van der Waals surface area contributed by atoms with E-state index in [1.807, 2.05) is 36.4 Å². The van der Waals surface area contributed by atoms with Gasteiger partial charge in [0.1, 0.15) is 18.1 Å². The van der Waals surface area contributed by atoms with E-state index in [0.717, 1.165) is 30.3 Å². The minimum Gasteiger partial charge on any atom is -0.497 e. The first-order valence-corrected chi connectivity index (χ1v) is 9.41. The van der Waals surface area contributed by atoms with Crippen LogP contribution in [-0.2, 0) is 0 Å². The molecule has 2 aromatic carbocycles. The van der Waals surface area contributed by atoms with E-state index in [0.29, 0.717) is 13.2 Å². The molecule has 1 aliphatic heterocycles. The van der Waals surface area contributed by atoms with E-state index in [2.05, 4.69) is 27.7 Å². The molecular formula is C21H27N3O3. The number of nitrogens with one attached hydrogen (secondary N) is 2. The zero-order chi connectivity index (χ0) is 18.9. The fourth-order valence-electron chi connectivity index (χ4n) is 3.09. The van der Waals surface area contributed by atoms with Gasteiger partial charge in [-0.05, 0) is 67.8 Å². The summed E-state index contributed by atoms with van der Waals surface area (Å²) in [5.41, 5.74) is 2.00. The molecule has 0 bridgehead atoms. The average Bonchev–Trinajstić information content (AvgIpc) is 2.73. The summed E-state index contributed by atoms with van der Waals surface area (Å²) in [6.07, 6.45) is 3.82. The first-order valence-electron chi connectivity index (χ1n) is 9.41. The number of benzene rings is 2. The predicted molar refractivity (Wildman–Crippen MR) is 108 cm³/mol. The molecule has 0 spiro atoms. The third-order valence-corrected chi connectivity index (χ3v) is 4.56. The highest BCUT2D eigenvalue weighted by Gasteiger charge is 2.10. The van der Waals surface area contributed by atoms with Gasteiger partial charge in [-0.15, -0.1) is 0 Å². The number of nitrogens with zero attached hydrogens (tertiary/aromatic N) is 1. The summed E-state index contributed by atoms with van der Waals surface area (Å²) in [6, 6.07) is 15.1. The molecule has 0 unspecified atom stereocenters. The number of ether oxygens (including phenoxy) is 2. The van der Waals surface area contributed by atoms with Gasteiger partial charge in [-0.2, -0.15) is 0 Å². The fraction of sp³-hybridized carbons (Fsp3) is 0.381. The molecule has 0 saturated carbocycles. The lowest BCUT2D eigenvalue weighted by Gasteiger charge is -2.28. The van der Waals surface area contributed by atoms with Gasteiger partial charge in [-0.25, -0.2) is 4.79 Å². The van der Waals surface area contributed by atoms with E-state index < -0.39 is 0 Å². The second kappa shape index (κ2) is 9.71. The molecule has 0 aliphatic carbocycles. The van der Waals surface area contributed by atoms with Crippen LogP contribution < -0.4 is 25.0 Å². The van der Waals surface area contributed by atoms with Crippen molar-refractivity contribution in [3.63, 3.8) is 0 Å². The van der Waals surface area contributed by atoms with Gasteiger partial charge in [0.05, 0.1) is 13.7 Å². The summed E-state index contributed by atoms with van der Waals surface area (Å²) < 4.78 is 10.7. The Kier molecular flexibility index (Phi) is 6.79. The lowest BCUT2D eigenvalue weighted by molar-refractivity contribution is 0.247. The smallest absolute Gasteiger partial charge is 0.319 e. The average molecular weight is 369 g/mol. The van der Waals surface area contributed by atoms with Crippen LogP contribution in [0.15, 0.2) is 48.5 Å². The van der Waals surface area contributed by atoms with Gasteiger partial charge in [0.2, 0.25) is 0 Å². The minimum atomic E-state index is -0.237. The molecule has 2 amide bonds. The van der Waals surface area contributed by atoms with Gasteiger partial charge in [0.25, 0.3) is 0 Å². The molecule has 27 heavy (non-hydrogen) atoms. The van der Waals surface area contributed by atoms with Crippen LogP contribution >= 0.6 is 0 Å². The first kappa shape index (κ1) is 18.9. The number of carbonyl (C=O) groups excluding carboxylic acids is 1. The topological polar surface area (TPSA) is 62.8 Å². The van der Waals surface area contributed by atoms with E-state index in [1.54, 1.807) is 7.11 Å². The Morgan fingerprint density at radius 2 is 1.63 bits per heavy atom. The number of hydrogen-bond acceptors (Lipinski definition) is 4. The lowest BCUT2D eigenvalue weighted by atomic mass is 10.1. The Balaban J connectivity index is 1.37. The van der Waals surface area contributed by atoms with Gasteiger partial charge in [0, 0.05) is 24.5 Å². The van der Waals surface area contributed by atoms with Crippen molar-refractivity contribution < 1.29 is 14.3 Å². The van der Waals surface area contributed by atoms with E-state index in [1.165, 1.54) is 24.9 Å². The molecule has 0 aromatic heterocycles. The number of piperidine rings is 1. The fourth-order valence-corrected chi connectivity index (χ4v) is 3.09. The quantitative estimate of drug-likeness (QED) is 0.727. The Bertz CT molecular complexity index is 710. The van der Waals surface area contributed by atoms with Crippen LogP contribution in [0.4, 0.5) is 16.2 Å². The van der Waals surface area contributed by atoms with Gasteiger partial charge >= 0.3 is 6.03 Å². The Hall–Kier alpha value is -2.89. The molecule has 6 nitrogen and oxygen atoms in total. The highest BCUT2D eigenvalue weighted by Crippen LogP contribution is 2.21. The molecular weight excluding hydrogens is 342 g/mol. The van der Waals surface area contributed by atoms with Crippen LogP contribution in [-0.4, -0.2) is 39.4 Å². The number of urea groups is 1. The molecule has 1 fully saturated rings. The van der Waals surface area contributed by atoms with Crippen molar-refractivity contribution in [3.8, 4) is 11.5 Å². The van der Waals surface area contributed by atoms with E-state index in [-0.39, 0.29) is 6.03 Å². The first-order chi connectivity index (χ1) is 13.2. The summed E-state index contributed by atoms with van der Waals surface area (Å²) in [5, 5.41) is 5.64. The summed E-state index contributed by atoms with van der Waals surface area (Å²) >= 11 is 0. The zero-order valence-corrected chi connectivity index (χ0v) is 15.7. The standard InChI is InChI=1S/C21H27N3O3/c1-26-19-9-11-20(12-10-19)27-16-13-22-21(25)23-17-5-7-18(8-6-17)24-14-3-2-4-15-24/h5-12H,2-4,13-16H2,1H3,(H2,22,23,25). The van der Waals surface area contributed by atoms with Gasteiger partial charge < -0.3 is 25.0 Å². The number of amides is 2. The molecule has 2 N–H and O–H groups in total. The van der Waals surface area contributed by atoms with Crippen LogP contribution in [0.2, 0.25) is 0 Å². The third-order valence-electron chi connectivity index (χ3n) is 4.56. The van der Waals surface area contributed by atoms with Crippen molar-refractivity contribution >= 4 is 17.4 Å². The van der Waals surface area contributed by atoms with Crippen LogP contribution in [0.1, 0.15) is 19.3 Å². The Morgan fingerprint density at radius 1 is 0.963 bits per heavy atom. The van der Waals surface area contributed by atoms with Gasteiger partial charge in [-0.1, -0.05) is 0 Å². The van der Waals surface area contributed by atoms with Crippen molar-refractivity contribution in [1.29, 1.82) is 0 Å². The summed E-state index contributed by atoms with van der Waals surface area (Å²) in [5.74, 6) is 1.53. The highest BCUT2D eigenvalue weighted by molar-refractivity contribution is 5.89. The zero-order valence-electron chi connectivity index (χ0n) is 15.7. The monoisotopic (exact) mass is 369 g/mol. The summed E-state index contributed by atoms with van der Waals surface area (Å²) in [6.45, 7) is 3.04. The summed E-state index contributed by atoms with van der Waals surface area (Å²) in [7, 11) is 1.62. The summed E-state index contributed by atoms with van der Waals surface area (Å²) in [4.78, 5) is 14.4. The predicted octanol–water partition coefficient (Wildman–Crippen LogP) is 3.89. The Labute approximate surface area is 160 Å². The maximum absolute atomic E-state index is 12.0. The van der Waals surface area contributed by atoms with Crippen molar-refractivity contribution in [3.05, 3.63) is 48.5 Å². The Morgan fingerprint density at radius 3 is 2.30 bits per heavy atom. The number of anilines is 2. The normalized spacial score (nSPS) is 13.7. The number of carbonyl (C=O) groups is 1. The lowest BCUT2D eigenvalue weighted by Crippen LogP contribution is -2.32. The van der Waals surface area contributed by atoms with Crippen molar-refractivity contribution in [2.45, 2.75) is 19.3 Å². The largest absolute Gasteiger partial charge is 0.497 e. The second-order valence-corrected chi connectivity index (χ2v) is 6.50. The second-order valence-electron chi connectivity index (χ2n) is 6.50. The van der Waals surface area contributed by atoms with Crippen molar-refractivity contribution in [1.82, 2.24) is 5.32 Å². The molecule has 6 heteroatoms. The molecule has 0 radical (unpaired) electrons. The third kappa shape index (κ3) is 5.81. The molecule has 2 aromatic rings. The minimum absolute atomic E-state index is 0.237. The van der Waals surface area contributed by atoms with Crippen molar-refractivity contribution in [2.24, 2.45) is 0 Å². The molecule has 1 saturated heterocycles. The van der Waals surface area contributed by atoms with Crippen LogP contribution in [0.25, 0.3) is 0 Å². The molecule has 0 atom stereocenters. The van der Waals surface area contributed by atoms with E-state index in [9.17, 15) is 4.79 Å². The van der Waals surface area contributed by atoms with E-state index in [4.69, 9.17) is 9.47 Å². The maximum Gasteiger partial charge on any atom is 0.319 e. The van der Waals surface area contributed by atoms with E-state index >= 15 is 0 Å². The number of rotatable bonds is 7. The van der Waals surface area contributed by atoms with Crippen LogP contribution in [0.3, 0.4) is 0 Å². The molecule has 1 heterocycles. The molecule has 1 aliphatic rings. The number of hydrogen-bond donors (Lipinski definition) is 2. The molecule has 3 rings (SSSR count). The van der Waals surface area contributed by atoms with Crippen LogP contribution in [0, 0.1) is 0 Å². The molecule has 144 valence electrons. The number of methoxy groups -OCH3 is 1. The van der Waals surface area contributed by atoms with Crippen LogP contribution in [0.5, 0.6) is 11.5 Å². The van der Waals surface area contributed by atoms with Gasteiger partial charge in [-0.3, -0.25) is 0 Å². The maximum atomic E-state index is 12.0. The van der Waals surface area contributed by atoms with Gasteiger partial charge in [0.15, 0.2) is 0 Å².